The third-order valence-electron chi connectivity index (χ3n) is 3.37. The molecule has 110 valence electrons. The number of amides is 2. The van der Waals surface area contributed by atoms with Crippen LogP contribution < -0.4 is 10.6 Å². The third-order valence-corrected chi connectivity index (χ3v) is 3.37. The normalized spacial score (nSPS) is 11.8. The molecule has 1 aromatic rings. The van der Waals surface area contributed by atoms with Crippen molar-refractivity contribution < 1.29 is 14.7 Å². The van der Waals surface area contributed by atoms with Crippen LogP contribution in [0.2, 0.25) is 0 Å². The molecule has 1 unspecified atom stereocenters. The maximum absolute atomic E-state index is 11.7. The number of anilines is 1. The summed E-state index contributed by atoms with van der Waals surface area (Å²) in [6.07, 6.45) is 1.20. The fraction of sp³-hybridized carbons (Fsp3) is 0.467. The lowest BCUT2D eigenvalue weighted by Gasteiger charge is -2.11. The molecule has 1 atom stereocenters. The fourth-order valence-electron chi connectivity index (χ4n) is 1.79. The van der Waals surface area contributed by atoms with Crippen molar-refractivity contribution in [2.24, 2.45) is 5.92 Å². The molecule has 0 saturated heterocycles. The largest absolute Gasteiger partial charge is 0.481 e. The molecule has 1 aromatic carbocycles. The van der Waals surface area contributed by atoms with E-state index in [1.54, 1.807) is 6.92 Å². The molecule has 0 saturated carbocycles. The zero-order valence-electron chi connectivity index (χ0n) is 12.2. The van der Waals surface area contributed by atoms with Gasteiger partial charge in [-0.2, -0.15) is 0 Å². The lowest BCUT2D eigenvalue weighted by molar-refractivity contribution is -0.141. The molecule has 0 spiro atoms. The predicted octanol–water partition coefficient (Wildman–Crippen LogP) is 2.93. The van der Waals surface area contributed by atoms with E-state index in [9.17, 15) is 9.59 Å². The fourth-order valence-corrected chi connectivity index (χ4v) is 1.79. The highest BCUT2D eigenvalue weighted by atomic mass is 16.4. The van der Waals surface area contributed by atoms with Gasteiger partial charge in [0.15, 0.2) is 0 Å². The zero-order valence-corrected chi connectivity index (χ0v) is 12.2. The van der Waals surface area contributed by atoms with Crippen molar-refractivity contribution in [2.75, 3.05) is 11.9 Å². The summed E-state index contributed by atoms with van der Waals surface area (Å²) in [5, 5.41) is 14.3. The Labute approximate surface area is 119 Å². The van der Waals surface area contributed by atoms with E-state index in [0.717, 1.165) is 16.8 Å². The molecule has 20 heavy (non-hydrogen) atoms. The van der Waals surface area contributed by atoms with Crippen LogP contribution in [-0.2, 0) is 4.79 Å². The Kier molecular flexibility index (Phi) is 6.03. The number of rotatable bonds is 6. The molecule has 0 heterocycles. The van der Waals surface area contributed by atoms with E-state index < -0.39 is 5.97 Å². The van der Waals surface area contributed by atoms with Gasteiger partial charge in [-0.1, -0.05) is 19.1 Å². The average Bonchev–Trinajstić information content (AvgIpc) is 2.39. The highest BCUT2D eigenvalue weighted by Crippen LogP contribution is 2.17. The van der Waals surface area contributed by atoms with Crippen LogP contribution in [0.25, 0.3) is 0 Å². The van der Waals surface area contributed by atoms with Crippen molar-refractivity contribution in [2.45, 2.75) is 33.6 Å². The van der Waals surface area contributed by atoms with Crippen LogP contribution >= 0.6 is 0 Å². The second-order valence-electron chi connectivity index (χ2n) is 5.01. The van der Waals surface area contributed by atoms with E-state index in [0.29, 0.717) is 19.4 Å². The Balaban J connectivity index is 2.34. The number of benzene rings is 1. The molecule has 0 fully saturated rings. The topological polar surface area (TPSA) is 78.4 Å². The minimum absolute atomic E-state index is 0.262. The second-order valence-corrected chi connectivity index (χ2v) is 5.01. The maximum Gasteiger partial charge on any atom is 0.319 e. The molecule has 3 N–H and O–H groups in total. The molecule has 1 rings (SSSR count). The van der Waals surface area contributed by atoms with E-state index in [-0.39, 0.29) is 11.9 Å². The van der Waals surface area contributed by atoms with Crippen molar-refractivity contribution in [1.82, 2.24) is 5.32 Å². The number of urea groups is 1. The van der Waals surface area contributed by atoms with Gasteiger partial charge in [0.2, 0.25) is 0 Å². The van der Waals surface area contributed by atoms with Crippen molar-refractivity contribution >= 4 is 17.7 Å². The van der Waals surface area contributed by atoms with E-state index >= 15 is 0 Å². The minimum Gasteiger partial charge on any atom is -0.481 e. The Morgan fingerprint density at radius 2 is 2.00 bits per heavy atom. The molecule has 0 aliphatic heterocycles. The molecule has 5 heteroatoms. The van der Waals surface area contributed by atoms with Gasteiger partial charge in [0.05, 0.1) is 5.92 Å². The van der Waals surface area contributed by atoms with Crippen LogP contribution in [0.3, 0.4) is 0 Å². The summed E-state index contributed by atoms with van der Waals surface area (Å²) in [7, 11) is 0. The molecular weight excluding hydrogens is 256 g/mol. The summed E-state index contributed by atoms with van der Waals surface area (Å²) in [4.78, 5) is 22.4. The summed E-state index contributed by atoms with van der Waals surface area (Å²) < 4.78 is 0. The van der Waals surface area contributed by atoms with Crippen LogP contribution in [0.1, 0.15) is 30.9 Å². The minimum atomic E-state index is -0.801. The number of hydrogen-bond acceptors (Lipinski definition) is 2. The first-order valence-electron chi connectivity index (χ1n) is 6.75. The summed E-state index contributed by atoms with van der Waals surface area (Å²) in [5.41, 5.74) is 2.96. The van der Waals surface area contributed by atoms with Crippen LogP contribution in [-0.4, -0.2) is 23.7 Å². The summed E-state index contributed by atoms with van der Waals surface area (Å²) in [5.74, 6) is -1.18. The standard InChI is InChI=1S/C15H22N2O3/c1-10-6-4-8-13(12(10)3)17-15(20)16-9-5-7-11(2)14(18)19/h4,6,8,11H,5,7,9H2,1-3H3,(H,18,19)(H2,16,17,20). The van der Waals surface area contributed by atoms with Gasteiger partial charge >= 0.3 is 12.0 Å². The van der Waals surface area contributed by atoms with Crippen molar-refractivity contribution in [3.8, 4) is 0 Å². The molecule has 0 bridgehead atoms. The zero-order chi connectivity index (χ0) is 15.1. The molecular formula is C15H22N2O3. The molecule has 0 aliphatic rings. The van der Waals surface area contributed by atoms with Gasteiger partial charge in [0, 0.05) is 12.2 Å². The van der Waals surface area contributed by atoms with E-state index in [1.165, 1.54) is 0 Å². The molecule has 0 radical (unpaired) electrons. The van der Waals surface area contributed by atoms with Crippen molar-refractivity contribution in [3.63, 3.8) is 0 Å². The number of carboxylic acids is 1. The van der Waals surface area contributed by atoms with Gasteiger partial charge in [0.25, 0.3) is 0 Å². The Morgan fingerprint density at radius 1 is 1.30 bits per heavy atom. The smallest absolute Gasteiger partial charge is 0.319 e. The lowest BCUT2D eigenvalue weighted by Crippen LogP contribution is -2.30. The SMILES string of the molecule is Cc1cccc(NC(=O)NCCCC(C)C(=O)O)c1C. The number of aliphatic carboxylic acids is 1. The highest BCUT2D eigenvalue weighted by molar-refractivity contribution is 5.90. The maximum atomic E-state index is 11.7. The third kappa shape index (κ3) is 4.91. The average molecular weight is 278 g/mol. The predicted molar refractivity (Wildman–Crippen MR) is 79.0 cm³/mol. The Hall–Kier alpha value is -2.04. The quantitative estimate of drug-likeness (QED) is 0.700. The molecule has 0 aromatic heterocycles. The number of carboxylic acid groups (broad SMARTS) is 1. The van der Waals surface area contributed by atoms with Gasteiger partial charge in [-0.3, -0.25) is 4.79 Å². The van der Waals surface area contributed by atoms with Gasteiger partial charge in [0.1, 0.15) is 0 Å². The Bertz CT molecular complexity index is 486. The first-order chi connectivity index (χ1) is 9.41. The van der Waals surface area contributed by atoms with Crippen LogP contribution in [0.15, 0.2) is 18.2 Å². The highest BCUT2D eigenvalue weighted by Gasteiger charge is 2.10. The van der Waals surface area contributed by atoms with Gasteiger partial charge in [-0.25, -0.2) is 4.79 Å². The monoisotopic (exact) mass is 278 g/mol. The first kappa shape index (κ1) is 16.0. The first-order valence-corrected chi connectivity index (χ1v) is 6.75. The van der Waals surface area contributed by atoms with Crippen LogP contribution in [0, 0.1) is 19.8 Å². The van der Waals surface area contributed by atoms with Gasteiger partial charge in [-0.05, 0) is 43.9 Å². The van der Waals surface area contributed by atoms with Gasteiger partial charge < -0.3 is 15.7 Å². The lowest BCUT2D eigenvalue weighted by atomic mass is 10.1. The van der Waals surface area contributed by atoms with E-state index in [4.69, 9.17) is 5.11 Å². The number of aryl methyl sites for hydroxylation is 1. The number of hydrogen-bond donors (Lipinski definition) is 3. The van der Waals surface area contributed by atoms with Crippen LogP contribution in [0.5, 0.6) is 0 Å². The van der Waals surface area contributed by atoms with Crippen LogP contribution in [0.4, 0.5) is 10.5 Å². The summed E-state index contributed by atoms with van der Waals surface area (Å²) in [6.45, 7) is 6.08. The second kappa shape index (κ2) is 7.53. The number of carbonyl (C=O) groups excluding carboxylic acids is 1. The summed E-state index contributed by atoms with van der Waals surface area (Å²) in [6, 6.07) is 5.48. The number of carbonyl (C=O) groups is 2. The Morgan fingerprint density at radius 3 is 2.65 bits per heavy atom. The molecule has 5 nitrogen and oxygen atoms in total. The van der Waals surface area contributed by atoms with Gasteiger partial charge in [-0.15, -0.1) is 0 Å². The summed E-state index contributed by atoms with van der Waals surface area (Å²) >= 11 is 0. The number of nitrogens with one attached hydrogen (secondary N) is 2. The van der Waals surface area contributed by atoms with E-state index in [1.807, 2.05) is 32.0 Å². The molecule has 0 aliphatic carbocycles. The molecule has 2 amide bonds. The van der Waals surface area contributed by atoms with Crippen molar-refractivity contribution in [3.05, 3.63) is 29.3 Å². The van der Waals surface area contributed by atoms with Crippen molar-refractivity contribution in [1.29, 1.82) is 0 Å². The van der Waals surface area contributed by atoms with E-state index in [2.05, 4.69) is 10.6 Å².